The third-order valence-electron chi connectivity index (χ3n) is 5.06. The molecule has 0 aromatic rings. The van der Waals surface area contributed by atoms with Crippen LogP contribution < -0.4 is 5.73 Å². The van der Waals surface area contributed by atoms with Crippen LogP contribution in [0.3, 0.4) is 0 Å². The lowest BCUT2D eigenvalue weighted by atomic mass is 9.57. The Labute approximate surface area is 106 Å². The van der Waals surface area contributed by atoms with Gasteiger partial charge in [-0.3, -0.25) is 4.79 Å². The van der Waals surface area contributed by atoms with Crippen LogP contribution in [-0.4, -0.2) is 11.3 Å². The van der Waals surface area contributed by atoms with Crippen molar-refractivity contribution in [1.29, 1.82) is 0 Å². The van der Waals surface area contributed by atoms with Crippen molar-refractivity contribution in [2.24, 2.45) is 23.0 Å². The van der Waals surface area contributed by atoms with E-state index in [1.807, 2.05) is 6.92 Å². The van der Waals surface area contributed by atoms with E-state index < -0.39 is 0 Å². The maximum atomic E-state index is 11.4. The number of nitrogens with two attached hydrogens (primary N) is 1. The van der Waals surface area contributed by atoms with Crippen molar-refractivity contribution in [3.05, 3.63) is 0 Å². The highest BCUT2D eigenvalue weighted by molar-refractivity contribution is 5.77. The summed E-state index contributed by atoms with van der Waals surface area (Å²) in [5.41, 5.74) is 6.53. The van der Waals surface area contributed by atoms with Gasteiger partial charge in [0.25, 0.3) is 0 Å². The first-order valence-electron chi connectivity index (χ1n) is 7.00. The summed E-state index contributed by atoms with van der Waals surface area (Å²) in [6, 6.07) is 0. The zero-order valence-corrected chi connectivity index (χ0v) is 12.2. The molecule has 0 heterocycles. The molecule has 0 saturated heterocycles. The number of hydrogen-bond acceptors (Lipinski definition) is 2. The first-order valence-corrected chi connectivity index (χ1v) is 7.00. The van der Waals surface area contributed by atoms with Gasteiger partial charge in [0.1, 0.15) is 5.78 Å². The van der Waals surface area contributed by atoms with Crippen LogP contribution in [0.25, 0.3) is 0 Å². The third-order valence-corrected chi connectivity index (χ3v) is 5.06. The number of carbonyl (C=O) groups excluding carboxylic acids is 1. The topological polar surface area (TPSA) is 43.1 Å². The van der Waals surface area contributed by atoms with Crippen LogP contribution in [0.1, 0.15) is 66.7 Å². The molecular formula is C15H29NO. The highest BCUT2D eigenvalue weighted by atomic mass is 16.1. The molecule has 1 saturated carbocycles. The summed E-state index contributed by atoms with van der Waals surface area (Å²) in [5.74, 6) is 1.70. The predicted octanol–water partition coefficient (Wildman–Crippen LogP) is 3.54. The molecule has 0 aliphatic heterocycles. The molecule has 1 aliphatic carbocycles. The second kappa shape index (κ2) is 5.09. The Hall–Kier alpha value is -0.370. The number of ketones is 1. The largest absolute Gasteiger partial charge is 0.325 e. The van der Waals surface area contributed by atoms with E-state index >= 15 is 0 Å². The minimum atomic E-state index is -0.0717. The summed E-state index contributed by atoms with van der Waals surface area (Å²) >= 11 is 0. The molecule has 0 radical (unpaired) electrons. The van der Waals surface area contributed by atoms with Gasteiger partial charge in [-0.05, 0) is 43.4 Å². The molecule has 0 bridgehead atoms. The van der Waals surface area contributed by atoms with Crippen LogP contribution in [-0.2, 0) is 4.79 Å². The predicted molar refractivity (Wildman–Crippen MR) is 72.8 cm³/mol. The molecule has 1 rings (SSSR count). The molecule has 0 aromatic heterocycles. The van der Waals surface area contributed by atoms with Crippen LogP contribution in [0.5, 0.6) is 0 Å². The first-order chi connectivity index (χ1) is 7.69. The molecule has 2 heteroatoms. The van der Waals surface area contributed by atoms with Gasteiger partial charge in [0.2, 0.25) is 0 Å². The zero-order chi connectivity index (χ0) is 13.3. The summed E-state index contributed by atoms with van der Waals surface area (Å²) in [4.78, 5) is 11.4. The number of carbonyl (C=O) groups is 1. The van der Waals surface area contributed by atoms with Crippen LogP contribution in [0.4, 0.5) is 0 Å². The van der Waals surface area contributed by atoms with Crippen molar-refractivity contribution in [1.82, 2.24) is 0 Å². The summed E-state index contributed by atoms with van der Waals surface area (Å²) < 4.78 is 0. The molecule has 1 aliphatic rings. The molecule has 0 amide bonds. The van der Waals surface area contributed by atoms with E-state index in [4.69, 9.17) is 5.73 Å². The molecule has 3 unspecified atom stereocenters. The Balaban J connectivity index is 2.61. The molecular weight excluding hydrogens is 210 g/mol. The van der Waals surface area contributed by atoms with Gasteiger partial charge in [-0.1, -0.05) is 27.7 Å². The molecule has 0 aromatic carbocycles. The molecule has 3 atom stereocenters. The van der Waals surface area contributed by atoms with E-state index in [1.165, 1.54) is 0 Å². The Morgan fingerprint density at radius 2 is 1.88 bits per heavy atom. The van der Waals surface area contributed by atoms with Gasteiger partial charge in [-0.2, -0.15) is 0 Å². The van der Waals surface area contributed by atoms with Gasteiger partial charge >= 0.3 is 0 Å². The highest BCUT2D eigenvalue weighted by Crippen LogP contribution is 2.48. The average Bonchev–Trinajstić information content (AvgIpc) is 2.20. The average molecular weight is 239 g/mol. The number of Topliss-reactive ketones (excluding diaryl/α,β-unsaturated/α-hetero) is 1. The van der Waals surface area contributed by atoms with E-state index in [-0.39, 0.29) is 11.0 Å². The van der Waals surface area contributed by atoms with Crippen molar-refractivity contribution in [2.45, 2.75) is 72.3 Å². The smallest absolute Gasteiger partial charge is 0.132 e. The van der Waals surface area contributed by atoms with Crippen molar-refractivity contribution < 1.29 is 4.79 Å². The van der Waals surface area contributed by atoms with E-state index in [0.29, 0.717) is 24.0 Å². The lowest BCUT2D eigenvalue weighted by Crippen LogP contribution is -2.56. The maximum absolute atomic E-state index is 11.4. The highest BCUT2D eigenvalue weighted by Gasteiger charge is 2.45. The summed E-state index contributed by atoms with van der Waals surface area (Å²) in [6.45, 7) is 11.0. The standard InChI is InChI=1S/C15H29NO/c1-6-13(17)8-7-12-10-14(3,4)15(5,16)9-11(12)2/h11-12H,6-10,16H2,1-5H3. The summed E-state index contributed by atoms with van der Waals surface area (Å²) in [6.07, 6.45) is 4.71. The van der Waals surface area contributed by atoms with E-state index in [0.717, 1.165) is 25.7 Å². The van der Waals surface area contributed by atoms with Crippen LogP contribution in [0, 0.1) is 17.3 Å². The third kappa shape index (κ3) is 3.31. The van der Waals surface area contributed by atoms with E-state index in [1.54, 1.807) is 0 Å². The minimum absolute atomic E-state index is 0.0717. The van der Waals surface area contributed by atoms with E-state index in [2.05, 4.69) is 27.7 Å². The van der Waals surface area contributed by atoms with Crippen molar-refractivity contribution in [3.8, 4) is 0 Å². The zero-order valence-electron chi connectivity index (χ0n) is 12.2. The molecule has 17 heavy (non-hydrogen) atoms. The Bertz CT molecular complexity index is 281. The van der Waals surface area contributed by atoms with E-state index in [9.17, 15) is 4.79 Å². The monoisotopic (exact) mass is 239 g/mol. The first kappa shape index (κ1) is 14.7. The van der Waals surface area contributed by atoms with Crippen molar-refractivity contribution in [3.63, 3.8) is 0 Å². The Morgan fingerprint density at radius 3 is 2.41 bits per heavy atom. The Morgan fingerprint density at radius 1 is 1.29 bits per heavy atom. The van der Waals surface area contributed by atoms with Gasteiger partial charge in [0, 0.05) is 18.4 Å². The fraction of sp³-hybridized carbons (Fsp3) is 0.933. The molecule has 2 nitrogen and oxygen atoms in total. The normalized spacial score (nSPS) is 36.8. The van der Waals surface area contributed by atoms with Gasteiger partial charge in [-0.15, -0.1) is 0 Å². The quantitative estimate of drug-likeness (QED) is 0.815. The fourth-order valence-electron chi connectivity index (χ4n) is 3.11. The lowest BCUT2D eigenvalue weighted by molar-refractivity contribution is -0.119. The molecule has 100 valence electrons. The second-order valence-electron chi connectivity index (χ2n) is 6.88. The fourth-order valence-corrected chi connectivity index (χ4v) is 3.11. The summed E-state index contributed by atoms with van der Waals surface area (Å²) in [5, 5.41) is 0. The van der Waals surface area contributed by atoms with Crippen LogP contribution in [0.2, 0.25) is 0 Å². The van der Waals surface area contributed by atoms with Gasteiger partial charge in [-0.25, -0.2) is 0 Å². The van der Waals surface area contributed by atoms with Gasteiger partial charge in [0.15, 0.2) is 0 Å². The van der Waals surface area contributed by atoms with Crippen molar-refractivity contribution in [2.75, 3.05) is 0 Å². The minimum Gasteiger partial charge on any atom is -0.325 e. The summed E-state index contributed by atoms with van der Waals surface area (Å²) in [7, 11) is 0. The van der Waals surface area contributed by atoms with Crippen LogP contribution >= 0.6 is 0 Å². The second-order valence-corrected chi connectivity index (χ2v) is 6.88. The molecule has 2 N–H and O–H groups in total. The van der Waals surface area contributed by atoms with Gasteiger partial charge < -0.3 is 5.73 Å². The number of hydrogen-bond donors (Lipinski definition) is 1. The number of rotatable bonds is 4. The maximum Gasteiger partial charge on any atom is 0.132 e. The SMILES string of the molecule is CCC(=O)CCC1CC(C)(C)C(C)(N)CC1C. The molecule has 0 spiro atoms. The lowest BCUT2D eigenvalue weighted by Gasteiger charge is -2.51. The van der Waals surface area contributed by atoms with Crippen molar-refractivity contribution >= 4 is 5.78 Å². The van der Waals surface area contributed by atoms with Gasteiger partial charge in [0.05, 0.1) is 0 Å². The molecule has 1 fully saturated rings. The Kier molecular flexibility index (Phi) is 4.40. The van der Waals surface area contributed by atoms with Crippen LogP contribution in [0.15, 0.2) is 0 Å².